The van der Waals surface area contributed by atoms with Crippen LogP contribution in [0.5, 0.6) is 0 Å². The van der Waals surface area contributed by atoms with Crippen molar-refractivity contribution in [2.75, 3.05) is 13.2 Å². The van der Waals surface area contributed by atoms with E-state index in [1.807, 2.05) is 0 Å². The van der Waals surface area contributed by atoms with Crippen LogP contribution in [0.25, 0.3) is 0 Å². The predicted molar refractivity (Wildman–Crippen MR) is 57.2 cm³/mol. The van der Waals surface area contributed by atoms with Crippen molar-refractivity contribution in [3.8, 4) is 0 Å². The summed E-state index contributed by atoms with van der Waals surface area (Å²) in [6, 6.07) is 4.12. The third kappa shape index (κ3) is 2.39. The van der Waals surface area contributed by atoms with Gasteiger partial charge in [-0.15, -0.1) is 0 Å². The molecular formula is C12H15F2NO. The first kappa shape index (κ1) is 11.5. The van der Waals surface area contributed by atoms with Gasteiger partial charge in [0, 0.05) is 6.04 Å². The molecule has 2 unspecified atom stereocenters. The summed E-state index contributed by atoms with van der Waals surface area (Å²) in [5.74, 6) is -1.40. The summed E-state index contributed by atoms with van der Waals surface area (Å²) in [6.07, 6.45) is 1.66. The fourth-order valence-electron chi connectivity index (χ4n) is 2.21. The Morgan fingerprint density at radius 3 is 2.81 bits per heavy atom. The van der Waals surface area contributed by atoms with Gasteiger partial charge in [0.05, 0.1) is 6.61 Å². The SMILES string of the molecule is OCC1CC(c2ccc(F)c(F)c2)CCN1. The number of aliphatic hydroxyl groups is 1. The monoisotopic (exact) mass is 227 g/mol. The third-order valence-electron chi connectivity index (χ3n) is 3.13. The van der Waals surface area contributed by atoms with Crippen LogP contribution < -0.4 is 5.32 Å². The fourth-order valence-corrected chi connectivity index (χ4v) is 2.21. The zero-order valence-electron chi connectivity index (χ0n) is 8.92. The van der Waals surface area contributed by atoms with Crippen LogP contribution in [-0.2, 0) is 0 Å². The molecule has 2 nitrogen and oxygen atoms in total. The summed E-state index contributed by atoms with van der Waals surface area (Å²) in [4.78, 5) is 0. The Hall–Kier alpha value is -1.00. The molecular weight excluding hydrogens is 212 g/mol. The van der Waals surface area contributed by atoms with Gasteiger partial charge in [0.1, 0.15) is 0 Å². The Morgan fingerprint density at radius 2 is 2.12 bits per heavy atom. The number of piperidine rings is 1. The van der Waals surface area contributed by atoms with Gasteiger partial charge in [-0.2, -0.15) is 0 Å². The predicted octanol–water partition coefficient (Wildman–Crippen LogP) is 1.79. The molecule has 1 aromatic carbocycles. The first-order chi connectivity index (χ1) is 7.70. The maximum absolute atomic E-state index is 13.1. The van der Waals surface area contributed by atoms with Crippen LogP contribution in [0.4, 0.5) is 8.78 Å². The lowest BCUT2D eigenvalue weighted by Gasteiger charge is -2.29. The van der Waals surface area contributed by atoms with Crippen LogP contribution in [0, 0.1) is 11.6 Å². The Balaban J connectivity index is 2.13. The summed E-state index contributed by atoms with van der Waals surface area (Å²) in [7, 11) is 0. The number of benzene rings is 1. The van der Waals surface area contributed by atoms with Gasteiger partial charge in [0.25, 0.3) is 0 Å². The lowest BCUT2D eigenvalue weighted by Crippen LogP contribution is -2.39. The van der Waals surface area contributed by atoms with Gasteiger partial charge in [-0.3, -0.25) is 0 Å². The Morgan fingerprint density at radius 1 is 1.31 bits per heavy atom. The van der Waals surface area contributed by atoms with Crippen molar-refractivity contribution >= 4 is 0 Å². The molecule has 0 aromatic heterocycles. The van der Waals surface area contributed by atoms with Gasteiger partial charge in [-0.05, 0) is 43.0 Å². The van der Waals surface area contributed by atoms with Crippen molar-refractivity contribution < 1.29 is 13.9 Å². The molecule has 0 radical (unpaired) electrons. The maximum atomic E-state index is 13.1. The van der Waals surface area contributed by atoms with E-state index >= 15 is 0 Å². The van der Waals surface area contributed by atoms with E-state index in [2.05, 4.69) is 5.32 Å². The van der Waals surface area contributed by atoms with E-state index in [1.54, 1.807) is 6.07 Å². The normalized spacial score (nSPS) is 25.7. The molecule has 0 saturated carbocycles. The highest BCUT2D eigenvalue weighted by Gasteiger charge is 2.22. The average molecular weight is 227 g/mol. The summed E-state index contributed by atoms with van der Waals surface area (Å²) >= 11 is 0. The molecule has 0 aliphatic carbocycles. The van der Waals surface area contributed by atoms with Crippen molar-refractivity contribution in [1.82, 2.24) is 5.32 Å². The lowest BCUT2D eigenvalue weighted by molar-refractivity contribution is 0.210. The summed E-state index contributed by atoms with van der Waals surface area (Å²) in [6.45, 7) is 0.884. The van der Waals surface area contributed by atoms with E-state index in [9.17, 15) is 8.78 Å². The van der Waals surface area contributed by atoms with Crippen LogP contribution in [0.1, 0.15) is 24.3 Å². The van der Waals surface area contributed by atoms with Crippen molar-refractivity contribution in [2.45, 2.75) is 24.8 Å². The molecule has 1 aromatic rings. The summed E-state index contributed by atoms with van der Waals surface area (Å²) < 4.78 is 25.9. The van der Waals surface area contributed by atoms with Gasteiger partial charge < -0.3 is 10.4 Å². The molecule has 4 heteroatoms. The second-order valence-electron chi connectivity index (χ2n) is 4.23. The summed E-state index contributed by atoms with van der Waals surface area (Å²) in [5, 5.41) is 12.2. The van der Waals surface area contributed by atoms with Crippen molar-refractivity contribution in [3.63, 3.8) is 0 Å². The highest BCUT2D eigenvalue weighted by molar-refractivity contribution is 5.22. The first-order valence-electron chi connectivity index (χ1n) is 5.50. The first-order valence-corrected chi connectivity index (χ1v) is 5.50. The standard InChI is InChI=1S/C12H15F2NO/c13-11-2-1-8(6-12(11)14)9-3-4-15-10(5-9)7-16/h1-2,6,9-10,15-16H,3-5,7H2. The largest absolute Gasteiger partial charge is 0.395 e. The smallest absolute Gasteiger partial charge is 0.159 e. The quantitative estimate of drug-likeness (QED) is 0.807. The maximum Gasteiger partial charge on any atom is 0.159 e. The van der Waals surface area contributed by atoms with E-state index in [4.69, 9.17) is 5.11 Å². The van der Waals surface area contributed by atoms with Gasteiger partial charge in [-0.1, -0.05) is 6.07 Å². The zero-order chi connectivity index (χ0) is 11.5. The molecule has 88 valence electrons. The molecule has 0 bridgehead atoms. The van der Waals surface area contributed by atoms with Gasteiger partial charge in [0.15, 0.2) is 11.6 Å². The summed E-state index contributed by atoms with van der Waals surface area (Å²) in [5.41, 5.74) is 0.818. The number of hydrogen-bond donors (Lipinski definition) is 2. The lowest BCUT2D eigenvalue weighted by atomic mass is 9.86. The Bertz CT molecular complexity index is 370. The van der Waals surface area contributed by atoms with E-state index in [0.29, 0.717) is 0 Å². The van der Waals surface area contributed by atoms with Crippen LogP contribution in [-0.4, -0.2) is 24.3 Å². The second-order valence-corrected chi connectivity index (χ2v) is 4.23. The number of rotatable bonds is 2. The molecule has 1 saturated heterocycles. The van der Waals surface area contributed by atoms with Crippen LogP contribution in [0.2, 0.25) is 0 Å². The second kappa shape index (κ2) is 4.89. The number of nitrogens with one attached hydrogen (secondary N) is 1. The van der Waals surface area contributed by atoms with E-state index < -0.39 is 11.6 Å². The molecule has 2 rings (SSSR count). The van der Waals surface area contributed by atoms with Gasteiger partial charge >= 0.3 is 0 Å². The highest BCUT2D eigenvalue weighted by atomic mass is 19.2. The fraction of sp³-hybridized carbons (Fsp3) is 0.500. The molecule has 1 aliphatic heterocycles. The van der Waals surface area contributed by atoms with Crippen molar-refractivity contribution in [3.05, 3.63) is 35.4 Å². The average Bonchev–Trinajstić information content (AvgIpc) is 2.33. The molecule has 0 spiro atoms. The minimum atomic E-state index is -0.809. The number of halogens is 2. The Labute approximate surface area is 93.3 Å². The molecule has 1 aliphatic rings. The Kier molecular flexibility index (Phi) is 3.51. The van der Waals surface area contributed by atoms with Crippen LogP contribution in [0.3, 0.4) is 0 Å². The molecule has 16 heavy (non-hydrogen) atoms. The van der Waals surface area contributed by atoms with Gasteiger partial charge in [-0.25, -0.2) is 8.78 Å². The molecule has 1 fully saturated rings. The molecule has 2 atom stereocenters. The van der Waals surface area contributed by atoms with Crippen LogP contribution in [0.15, 0.2) is 18.2 Å². The molecule has 0 amide bonds. The van der Waals surface area contributed by atoms with Crippen molar-refractivity contribution in [2.24, 2.45) is 0 Å². The molecule has 1 heterocycles. The van der Waals surface area contributed by atoms with E-state index in [-0.39, 0.29) is 18.6 Å². The van der Waals surface area contributed by atoms with Crippen LogP contribution >= 0.6 is 0 Å². The highest BCUT2D eigenvalue weighted by Crippen LogP contribution is 2.28. The van der Waals surface area contributed by atoms with Gasteiger partial charge in [0.2, 0.25) is 0 Å². The minimum absolute atomic E-state index is 0.0619. The number of hydrogen-bond acceptors (Lipinski definition) is 2. The minimum Gasteiger partial charge on any atom is -0.395 e. The zero-order valence-corrected chi connectivity index (χ0v) is 8.92. The van der Waals surface area contributed by atoms with Crippen molar-refractivity contribution in [1.29, 1.82) is 0 Å². The third-order valence-corrected chi connectivity index (χ3v) is 3.13. The number of aliphatic hydroxyl groups excluding tert-OH is 1. The topological polar surface area (TPSA) is 32.3 Å². The molecule has 2 N–H and O–H groups in total. The van der Waals surface area contributed by atoms with E-state index in [0.717, 1.165) is 24.9 Å². The van der Waals surface area contributed by atoms with E-state index in [1.165, 1.54) is 12.1 Å².